The van der Waals surface area contributed by atoms with E-state index >= 15 is 0 Å². The predicted octanol–water partition coefficient (Wildman–Crippen LogP) is 3.05. The van der Waals surface area contributed by atoms with E-state index in [2.05, 4.69) is 13.8 Å². The molecule has 23 heavy (non-hydrogen) atoms. The highest BCUT2D eigenvalue weighted by molar-refractivity contribution is 5.95. The normalized spacial score (nSPS) is 15.3. The molecule has 1 aliphatic rings. The monoisotopic (exact) mass is 319 g/mol. The first kappa shape index (κ1) is 17.3. The number of aliphatic carboxylic acids is 1. The molecule has 5 nitrogen and oxygen atoms in total. The minimum atomic E-state index is -0.877. The summed E-state index contributed by atoms with van der Waals surface area (Å²) in [6.07, 6.45) is 1.89. The first-order valence-corrected chi connectivity index (χ1v) is 8.15. The Labute approximate surface area is 137 Å². The molecular weight excluding hydrogens is 294 g/mol. The van der Waals surface area contributed by atoms with Crippen LogP contribution in [0.15, 0.2) is 24.3 Å². The molecule has 0 saturated heterocycles. The van der Waals surface area contributed by atoms with Crippen molar-refractivity contribution in [2.24, 2.45) is 11.8 Å². The average molecular weight is 319 g/mol. The summed E-state index contributed by atoms with van der Waals surface area (Å²) in [5.74, 6) is -0.478. The van der Waals surface area contributed by atoms with Gasteiger partial charge in [-0.05, 0) is 37.0 Å². The highest BCUT2D eigenvalue weighted by Crippen LogP contribution is 2.29. The Morgan fingerprint density at radius 2 is 2.00 bits per heavy atom. The molecule has 0 aliphatic heterocycles. The Balaban J connectivity index is 2.10. The number of carbonyl (C=O) groups excluding carboxylic acids is 1. The van der Waals surface area contributed by atoms with E-state index in [1.807, 2.05) is 6.07 Å². The van der Waals surface area contributed by atoms with E-state index in [0.717, 1.165) is 12.8 Å². The number of carboxylic acids is 1. The summed E-state index contributed by atoms with van der Waals surface area (Å²) in [6.45, 7) is 6.61. The van der Waals surface area contributed by atoms with Crippen LogP contribution in [0.2, 0.25) is 0 Å². The van der Waals surface area contributed by atoms with E-state index in [1.165, 1.54) is 0 Å². The molecular formula is C18H25NO4. The second-order valence-corrected chi connectivity index (χ2v) is 6.66. The van der Waals surface area contributed by atoms with Crippen molar-refractivity contribution in [2.75, 3.05) is 13.2 Å². The summed E-state index contributed by atoms with van der Waals surface area (Å²) in [5, 5.41) is 9.09. The summed E-state index contributed by atoms with van der Waals surface area (Å²) in [6, 6.07) is 7.30. The van der Waals surface area contributed by atoms with Gasteiger partial charge in [0.1, 0.15) is 5.75 Å². The Hall–Kier alpha value is -2.04. The molecule has 0 radical (unpaired) electrons. The van der Waals surface area contributed by atoms with Crippen molar-refractivity contribution in [1.82, 2.24) is 4.90 Å². The second-order valence-electron chi connectivity index (χ2n) is 6.66. The average Bonchev–Trinajstić information content (AvgIpc) is 3.34. The van der Waals surface area contributed by atoms with Gasteiger partial charge < -0.3 is 14.7 Å². The second kappa shape index (κ2) is 7.49. The van der Waals surface area contributed by atoms with Gasteiger partial charge in [0.2, 0.25) is 0 Å². The van der Waals surface area contributed by atoms with Crippen molar-refractivity contribution in [1.29, 1.82) is 0 Å². The molecule has 5 heteroatoms. The Kier molecular flexibility index (Phi) is 5.64. The summed E-state index contributed by atoms with van der Waals surface area (Å²) in [7, 11) is 0. The summed E-state index contributed by atoms with van der Waals surface area (Å²) in [4.78, 5) is 25.5. The molecule has 0 aromatic heterocycles. The van der Waals surface area contributed by atoms with Gasteiger partial charge in [0, 0.05) is 18.2 Å². The number of ether oxygens (including phenoxy) is 1. The van der Waals surface area contributed by atoms with Gasteiger partial charge in [-0.2, -0.15) is 0 Å². The number of hydrogen-bond donors (Lipinski definition) is 1. The Morgan fingerprint density at radius 3 is 2.57 bits per heavy atom. The minimum Gasteiger partial charge on any atom is -0.493 e. The van der Waals surface area contributed by atoms with Crippen molar-refractivity contribution < 1.29 is 19.4 Å². The minimum absolute atomic E-state index is 0.115. The van der Waals surface area contributed by atoms with E-state index in [0.29, 0.717) is 23.8 Å². The third-order valence-corrected chi connectivity index (χ3v) is 3.80. The smallest absolute Gasteiger partial charge is 0.308 e. The molecule has 1 saturated carbocycles. The van der Waals surface area contributed by atoms with E-state index in [1.54, 1.807) is 30.0 Å². The quantitative estimate of drug-likeness (QED) is 0.800. The zero-order valence-corrected chi connectivity index (χ0v) is 14.0. The van der Waals surface area contributed by atoms with Crippen molar-refractivity contribution >= 4 is 11.9 Å². The van der Waals surface area contributed by atoms with Gasteiger partial charge in [0.05, 0.1) is 12.5 Å². The molecule has 1 aromatic carbocycles. The van der Waals surface area contributed by atoms with E-state index in [9.17, 15) is 9.59 Å². The maximum Gasteiger partial charge on any atom is 0.308 e. The van der Waals surface area contributed by atoms with Gasteiger partial charge in [-0.15, -0.1) is 0 Å². The molecule has 0 heterocycles. The van der Waals surface area contributed by atoms with Crippen LogP contribution in [0.5, 0.6) is 5.75 Å². The number of nitrogens with zero attached hydrogens (tertiary/aromatic N) is 1. The topological polar surface area (TPSA) is 66.8 Å². The van der Waals surface area contributed by atoms with Gasteiger partial charge in [0.15, 0.2) is 0 Å². The lowest BCUT2D eigenvalue weighted by atomic mass is 10.1. The Morgan fingerprint density at radius 1 is 1.30 bits per heavy atom. The highest BCUT2D eigenvalue weighted by atomic mass is 16.5. The molecule has 1 aliphatic carbocycles. The lowest BCUT2D eigenvalue weighted by Crippen LogP contribution is -2.38. The predicted molar refractivity (Wildman–Crippen MR) is 87.6 cm³/mol. The van der Waals surface area contributed by atoms with Crippen LogP contribution in [0.1, 0.15) is 44.0 Å². The fraction of sp³-hybridized carbons (Fsp3) is 0.556. The molecule has 1 N–H and O–H groups in total. The van der Waals surface area contributed by atoms with E-state index < -0.39 is 11.9 Å². The van der Waals surface area contributed by atoms with Crippen molar-refractivity contribution in [3.05, 3.63) is 29.8 Å². The van der Waals surface area contributed by atoms with Crippen molar-refractivity contribution in [2.45, 2.75) is 39.7 Å². The first-order valence-electron chi connectivity index (χ1n) is 8.15. The molecule has 1 atom stereocenters. The van der Waals surface area contributed by atoms with E-state index in [-0.39, 0.29) is 18.5 Å². The van der Waals surface area contributed by atoms with Crippen LogP contribution in [0.25, 0.3) is 0 Å². The number of rotatable bonds is 8. The first-order chi connectivity index (χ1) is 10.9. The molecule has 1 fully saturated rings. The largest absolute Gasteiger partial charge is 0.493 e. The van der Waals surface area contributed by atoms with Crippen LogP contribution < -0.4 is 4.74 Å². The third kappa shape index (κ3) is 4.98. The third-order valence-electron chi connectivity index (χ3n) is 3.80. The van der Waals surface area contributed by atoms with Gasteiger partial charge in [0.25, 0.3) is 5.91 Å². The highest BCUT2D eigenvalue weighted by Gasteiger charge is 2.35. The van der Waals surface area contributed by atoms with E-state index in [4.69, 9.17) is 9.84 Å². The van der Waals surface area contributed by atoms with Gasteiger partial charge in [-0.1, -0.05) is 26.8 Å². The van der Waals surface area contributed by atoms with Gasteiger partial charge in [-0.25, -0.2) is 0 Å². The fourth-order valence-electron chi connectivity index (χ4n) is 2.30. The summed E-state index contributed by atoms with van der Waals surface area (Å²) < 4.78 is 5.67. The molecule has 2 rings (SSSR count). The lowest BCUT2D eigenvalue weighted by molar-refractivity contribution is -0.141. The van der Waals surface area contributed by atoms with Crippen LogP contribution in [0, 0.1) is 11.8 Å². The maximum atomic E-state index is 12.8. The SMILES string of the molecule is CC(C)COc1cccc(C(=O)N(CC(C)C(=O)O)C2CC2)c1. The number of benzene rings is 1. The molecule has 1 unspecified atom stereocenters. The van der Waals surface area contributed by atoms with Crippen LogP contribution in [0.4, 0.5) is 0 Å². The van der Waals surface area contributed by atoms with Crippen LogP contribution >= 0.6 is 0 Å². The van der Waals surface area contributed by atoms with Gasteiger partial charge in [-0.3, -0.25) is 9.59 Å². The fourth-order valence-corrected chi connectivity index (χ4v) is 2.30. The van der Waals surface area contributed by atoms with Crippen LogP contribution in [0.3, 0.4) is 0 Å². The number of carbonyl (C=O) groups is 2. The number of amides is 1. The molecule has 0 spiro atoms. The molecule has 0 bridgehead atoms. The van der Waals surface area contributed by atoms with Gasteiger partial charge >= 0.3 is 5.97 Å². The zero-order chi connectivity index (χ0) is 17.0. The standard InChI is InChI=1S/C18H25NO4/c1-12(2)11-23-16-6-4-5-14(9-16)17(20)19(15-7-8-15)10-13(3)18(21)22/h4-6,9,12-13,15H,7-8,10-11H2,1-3H3,(H,21,22). The summed E-state index contributed by atoms with van der Waals surface area (Å²) in [5.41, 5.74) is 0.552. The number of hydrogen-bond acceptors (Lipinski definition) is 3. The lowest BCUT2D eigenvalue weighted by Gasteiger charge is -2.24. The van der Waals surface area contributed by atoms with Crippen LogP contribution in [-0.2, 0) is 4.79 Å². The number of carboxylic acid groups (broad SMARTS) is 1. The summed E-state index contributed by atoms with van der Waals surface area (Å²) >= 11 is 0. The molecule has 1 amide bonds. The molecule has 126 valence electrons. The molecule has 1 aromatic rings. The van der Waals surface area contributed by atoms with Crippen molar-refractivity contribution in [3.8, 4) is 5.75 Å². The van der Waals surface area contributed by atoms with Crippen molar-refractivity contribution in [3.63, 3.8) is 0 Å². The maximum absolute atomic E-state index is 12.8. The zero-order valence-electron chi connectivity index (χ0n) is 14.0. The Bertz CT molecular complexity index is 566. The van der Waals surface area contributed by atoms with Crippen LogP contribution in [-0.4, -0.2) is 41.1 Å².